The monoisotopic (exact) mass is 350 g/mol. The summed E-state index contributed by atoms with van der Waals surface area (Å²) >= 11 is 3.49. The van der Waals surface area contributed by atoms with E-state index in [9.17, 15) is 4.79 Å². The van der Waals surface area contributed by atoms with Gasteiger partial charge in [-0.2, -0.15) is 0 Å². The van der Waals surface area contributed by atoms with Gasteiger partial charge in [0.15, 0.2) is 0 Å². The summed E-state index contributed by atoms with van der Waals surface area (Å²) in [7, 11) is 0. The molecule has 1 saturated heterocycles. The second-order valence-electron chi connectivity index (χ2n) is 5.63. The first-order valence-corrected chi connectivity index (χ1v) is 8.03. The van der Waals surface area contributed by atoms with Crippen LogP contribution in [-0.4, -0.2) is 34.6 Å². The second-order valence-corrected chi connectivity index (χ2v) is 6.54. The Morgan fingerprint density at radius 3 is 2.95 bits per heavy atom. The van der Waals surface area contributed by atoms with Crippen molar-refractivity contribution in [3.8, 4) is 0 Å². The zero-order chi connectivity index (χ0) is 15.0. The van der Waals surface area contributed by atoms with Crippen molar-refractivity contribution in [2.45, 2.75) is 32.4 Å². The predicted octanol–water partition coefficient (Wildman–Crippen LogP) is 2.01. The molecule has 0 bridgehead atoms. The molecule has 1 amide bonds. The van der Waals surface area contributed by atoms with Crippen LogP contribution in [0.4, 0.5) is 0 Å². The number of carbonyl (C=O) groups is 1. The maximum atomic E-state index is 11.9. The van der Waals surface area contributed by atoms with Crippen LogP contribution in [-0.2, 0) is 11.2 Å². The summed E-state index contributed by atoms with van der Waals surface area (Å²) in [5.41, 5.74) is 2.07. The molecular weight excluding hydrogens is 332 g/mol. The number of benzene rings is 1. The predicted molar refractivity (Wildman–Crippen MR) is 86.3 cm³/mol. The number of imidazole rings is 1. The lowest BCUT2D eigenvalue weighted by molar-refractivity contribution is -0.124. The first kappa shape index (κ1) is 14.5. The number of fused-ring (bicyclic) bond motifs is 1. The van der Waals surface area contributed by atoms with Crippen molar-refractivity contribution in [1.29, 1.82) is 0 Å². The molecule has 0 radical (unpaired) electrons. The molecule has 2 N–H and O–H groups in total. The summed E-state index contributed by atoms with van der Waals surface area (Å²) in [5.74, 6) is 1.01. The van der Waals surface area contributed by atoms with E-state index in [1.807, 2.05) is 12.1 Å². The van der Waals surface area contributed by atoms with E-state index in [0.29, 0.717) is 19.0 Å². The first-order chi connectivity index (χ1) is 10.1. The molecule has 21 heavy (non-hydrogen) atoms. The minimum Gasteiger partial charge on any atom is -0.353 e. The van der Waals surface area contributed by atoms with Gasteiger partial charge in [0.1, 0.15) is 5.82 Å². The molecule has 1 fully saturated rings. The average Bonchev–Trinajstić information content (AvgIpc) is 2.78. The van der Waals surface area contributed by atoms with Crippen LogP contribution in [0.1, 0.15) is 25.7 Å². The van der Waals surface area contributed by atoms with Crippen LogP contribution in [0.2, 0.25) is 0 Å². The van der Waals surface area contributed by atoms with Crippen LogP contribution in [0, 0.1) is 0 Å². The van der Waals surface area contributed by atoms with Gasteiger partial charge in [-0.1, -0.05) is 15.9 Å². The number of nitrogens with one attached hydrogen (secondary N) is 2. The van der Waals surface area contributed by atoms with E-state index in [2.05, 4.69) is 51.0 Å². The highest BCUT2D eigenvalue weighted by Crippen LogP contribution is 2.25. The molecule has 112 valence electrons. The molecule has 2 aromatic rings. The third-order valence-corrected chi connectivity index (χ3v) is 4.25. The summed E-state index contributed by atoms with van der Waals surface area (Å²) in [6.45, 7) is 5.79. The molecule has 3 rings (SSSR count). The third kappa shape index (κ3) is 2.82. The maximum Gasteiger partial charge on any atom is 0.237 e. The normalized spacial score (nSPS) is 19.2. The van der Waals surface area contributed by atoms with E-state index in [1.165, 1.54) is 0 Å². The van der Waals surface area contributed by atoms with E-state index >= 15 is 0 Å². The summed E-state index contributed by atoms with van der Waals surface area (Å²) < 4.78 is 3.23. The van der Waals surface area contributed by atoms with Gasteiger partial charge in [0.25, 0.3) is 0 Å². The molecule has 0 spiro atoms. The Morgan fingerprint density at radius 2 is 2.24 bits per heavy atom. The van der Waals surface area contributed by atoms with E-state index in [1.54, 1.807) is 0 Å². The molecule has 1 unspecified atom stereocenters. The van der Waals surface area contributed by atoms with Crippen LogP contribution < -0.4 is 10.6 Å². The van der Waals surface area contributed by atoms with Gasteiger partial charge >= 0.3 is 0 Å². The highest BCUT2D eigenvalue weighted by molar-refractivity contribution is 9.10. The zero-order valence-electron chi connectivity index (χ0n) is 12.2. The molecule has 2 heterocycles. The highest BCUT2D eigenvalue weighted by Gasteiger charge is 2.25. The van der Waals surface area contributed by atoms with Gasteiger partial charge < -0.3 is 15.2 Å². The fraction of sp³-hybridized carbons (Fsp3) is 0.467. The summed E-state index contributed by atoms with van der Waals surface area (Å²) in [6, 6.07) is 6.23. The van der Waals surface area contributed by atoms with Crippen molar-refractivity contribution < 1.29 is 4.79 Å². The number of piperazine rings is 1. The lowest BCUT2D eigenvalue weighted by atomic mass is 10.1. The van der Waals surface area contributed by atoms with Gasteiger partial charge in [-0.05, 0) is 32.0 Å². The van der Waals surface area contributed by atoms with Crippen molar-refractivity contribution in [3.63, 3.8) is 0 Å². The number of rotatable bonds is 3. The minimum atomic E-state index is -0.198. The smallest absolute Gasteiger partial charge is 0.237 e. The zero-order valence-corrected chi connectivity index (χ0v) is 13.8. The molecule has 6 heteroatoms. The Labute approximate surface area is 132 Å². The third-order valence-electron chi connectivity index (χ3n) is 3.76. The number of amides is 1. The molecule has 5 nitrogen and oxygen atoms in total. The number of nitrogens with zero attached hydrogens (tertiary/aromatic N) is 2. The average molecular weight is 351 g/mol. The molecule has 1 aromatic heterocycles. The van der Waals surface area contributed by atoms with E-state index in [-0.39, 0.29) is 11.9 Å². The van der Waals surface area contributed by atoms with Crippen LogP contribution in [0.3, 0.4) is 0 Å². The summed E-state index contributed by atoms with van der Waals surface area (Å²) in [4.78, 5) is 16.7. The Hall–Kier alpha value is -1.40. The Bertz CT molecular complexity index is 680. The van der Waals surface area contributed by atoms with Gasteiger partial charge in [0.05, 0.1) is 17.1 Å². The Morgan fingerprint density at radius 1 is 1.43 bits per heavy atom. The summed E-state index contributed by atoms with van der Waals surface area (Å²) in [5, 5.41) is 6.16. The van der Waals surface area contributed by atoms with Gasteiger partial charge in [0, 0.05) is 30.0 Å². The fourth-order valence-corrected chi connectivity index (χ4v) is 3.19. The van der Waals surface area contributed by atoms with Gasteiger partial charge in [-0.25, -0.2) is 4.98 Å². The molecule has 1 atom stereocenters. The lowest BCUT2D eigenvalue weighted by Gasteiger charge is -2.24. The van der Waals surface area contributed by atoms with Gasteiger partial charge in [-0.15, -0.1) is 0 Å². The van der Waals surface area contributed by atoms with Gasteiger partial charge in [0.2, 0.25) is 5.91 Å². The largest absolute Gasteiger partial charge is 0.353 e. The van der Waals surface area contributed by atoms with E-state index in [0.717, 1.165) is 27.9 Å². The minimum absolute atomic E-state index is 0.0600. The molecule has 0 aliphatic carbocycles. The van der Waals surface area contributed by atoms with Crippen LogP contribution in [0.5, 0.6) is 0 Å². The maximum absolute atomic E-state index is 11.9. The number of aromatic nitrogens is 2. The molecule has 1 aromatic carbocycles. The molecule has 0 saturated carbocycles. The number of hydrogen-bond acceptors (Lipinski definition) is 3. The number of halogens is 1. The standard InChI is InChI=1S/C15H19BrN4O/c1-9(2)20-13-4-3-10(16)7-11(13)19-14(20)8-12-15(21)18-6-5-17-12/h3-4,7,9,12,17H,5-6,8H2,1-2H3,(H,18,21). The SMILES string of the molecule is CC(C)n1c(CC2NCCNC2=O)nc2cc(Br)ccc21. The van der Waals surface area contributed by atoms with Gasteiger partial charge in [-0.3, -0.25) is 4.79 Å². The van der Waals surface area contributed by atoms with Crippen molar-refractivity contribution >= 4 is 32.9 Å². The van der Waals surface area contributed by atoms with E-state index < -0.39 is 0 Å². The van der Waals surface area contributed by atoms with Crippen molar-refractivity contribution in [3.05, 3.63) is 28.5 Å². The fourth-order valence-electron chi connectivity index (χ4n) is 2.84. The number of hydrogen-bond donors (Lipinski definition) is 2. The Kier molecular flexibility index (Phi) is 3.99. The summed E-state index contributed by atoms with van der Waals surface area (Å²) in [6.07, 6.45) is 0.607. The van der Waals surface area contributed by atoms with Crippen LogP contribution >= 0.6 is 15.9 Å². The Balaban J connectivity index is 2.00. The number of carbonyl (C=O) groups excluding carboxylic acids is 1. The molecular formula is C15H19BrN4O. The molecule has 1 aliphatic heterocycles. The second kappa shape index (κ2) is 5.77. The van der Waals surface area contributed by atoms with Crippen molar-refractivity contribution in [1.82, 2.24) is 20.2 Å². The first-order valence-electron chi connectivity index (χ1n) is 7.23. The van der Waals surface area contributed by atoms with Crippen LogP contribution in [0.25, 0.3) is 11.0 Å². The quantitative estimate of drug-likeness (QED) is 0.890. The topological polar surface area (TPSA) is 59.0 Å². The van der Waals surface area contributed by atoms with Crippen molar-refractivity contribution in [2.75, 3.05) is 13.1 Å². The van der Waals surface area contributed by atoms with E-state index in [4.69, 9.17) is 4.98 Å². The van der Waals surface area contributed by atoms with Crippen LogP contribution in [0.15, 0.2) is 22.7 Å². The lowest BCUT2D eigenvalue weighted by Crippen LogP contribution is -2.54. The molecule has 1 aliphatic rings. The van der Waals surface area contributed by atoms with Crippen molar-refractivity contribution in [2.24, 2.45) is 0 Å². The highest BCUT2D eigenvalue weighted by atomic mass is 79.9.